The third-order valence-corrected chi connectivity index (χ3v) is 5.57. The molecule has 1 aromatic heterocycles. The standard InChI is InChI=1S/C22H20N4O3/c23-9-15-2-1-3-17(8-15)22(27)26-12-19-18(14-29-20(19)13-26)6-7-28-21-5-4-16(10-24)11-25-21/h1-5,8,11,18-20H,6-7,12-14H2/t18-,19-,20-/m0/s1. The fourth-order valence-electron chi connectivity index (χ4n) is 4.01. The molecule has 0 spiro atoms. The topological polar surface area (TPSA) is 99.2 Å². The van der Waals surface area contributed by atoms with E-state index in [1.165, 1.54) is 6.20 Å². The number of ether oxygens (including phenoxy) is 2. The molecule has 2 aliphatic heterocycles. The van der Waals surface area contributed by atoms with Gasteiger partial charge in [0, 0.05) is 36.8 Å². The molecule has 0 aliphatic carbocycles. The maximum absolute atomic E-state index is 12.8. The molecule has 0 radical (unpaired) electrons. The highest BCUT2D eigenvalue weighted by atomic mass is 16.5. The van der Waals surface area contributed by atoms with Crippen LogP contribution in [0.3, 0.4) is 0 Å². The summed E-state index contributed by atoms with van der Waals surface area (Å²) in [5.41, 5.74) is 1.52. The number of hydrogen-bond donors (Lipinski definition) is 0. The first-order valence-electron chi connectivity index (χ1n) is 9.58. The van der Waals surface area contributed by atoms with Crippen molar-refractivity contribution in [2.45, 2.75) is 12.5 Å². The summed E-state index contributed by atoms with van der Waals surface area (Å²) >= 11 is 0. The Balaban J connectivity index is 1.32. The zero-order valence-corrected chi connectivity index (χ0v) is 15.8. The highest BCUT2D eigenvalue weighted by molar-refractivity contribution is 5.94. The van der Waals surface area contributed by atoms with Crippen molar-refractivity contribution in [3.63, 3.8) is 0 Å². The largest absolute Gasteiger partial charge is 0.478 e. The number of nitrogens with zero attached hydrogens (tertiary/aromatic N) is 4. The van der Waals surface area contributed by atoms with Gasteiger partial charge in [-0.1, -0.05) is 6.07 Å². The van der Waals surface area contributed by atoms with Gasteiger partial charge >= 0.3 is 0 Å². The zero-order chi connectivity index (χ0) is 20.2. The summed E-state index contributed by atoms with van der Waals surface area (Å²) in [5.74, 6) is 1.05. The van der Waals surface area contributed by atoms with Crippen molar-refractivity contribution < 1.29 is 14.3 Å². The first-order chi connectivity index (χ1) is 14.2. The monoisotopic (exact) mass is 388 g/mol. The lowest BCUT2D eigenvalue weighted by Gasteiger charge is -2.20. The number of hydrogen-bond acceptors (Lipinski definition) is 6. The second-order valence-electron chi connectivity index (χ2n) is 7.33. The zero-order valence-electron chi connectivity index (χ0n) is 15.8. The van der Waals surface area contributed by atoms with Crippen LogP contribution < -0.4 is 4.74 Å². The molecule has 0 N–H and O–H groups in total. The van der Waals surface area contributed by atoms with E-state index in [-0.39, 0.29) is 17.9 Å². The molecule has 2 saturated heterocycles. The lowest BCUT2D eigenvalue weighted by atomic mass is 9.91. The van der Waals surface area contributed by atoms with Crippen LogP contribution in [0.1, 0.15) is 27.9 Å². The SMILES string of the molecule is N#Cc1ccc(OCC[C@H]2CO[C@H]3CN(C(=O)c4cccc(C#N)c4)C[C@@H]23)nc1. The van der Waals surface area contributed by atoms with Crippen LogP contribution in [0.15, 0.2) is 42.6 Å². The maximum Gasteiger partial charge on any atom is 0.253 e. The minimum absolute atomic E-state index is 0.0520. The summed E-state index contributed by atoms with van der Waals surface area (Å²) in [6.45, 7) is 2.41. The molecular formula is C22H20N4O3. The second kappa shape index (κ2) is 8.30. The van der Waals surface area contributed by atoms with Gasteiger partial charge in [0.25, 0.3) is 5.91 Å². The first kappa shape index (κ1) is 18.9. The molecule has 1 amide bonds. The van der Waals surface area contributed by atoms with E-state index in [9.17, 15) is 4.79 Å². The lowest BCUT2D eigenvalue weighted by molar-refractivity contribution is 0.0672. The predicted octanol–water partition coefficient (Wildman–Crippen LogP) is 2.38. The fraction of sp³-hybridized carbons (Fsp3) is 0.364. The molecule has 0 bridgehead atoms. The van der Waals surface area contributed by atoms with E-state index in [0.29, 0.717) is 54.8 Å². The number of aromatic nitrogens is 1. The van der Waals surface area contributed by atoms with E-state index >= 15 is 0 Å². The number of amides is 1. The number of carbonyl (C=O) groups is 1. The molecule has 1 aromatic carbocycles. The van der Waals surface area contributed by atoms with Crippen molar-refractivity contribution in [1.29, 1.82) is 10.5 Å². The van der Waals surface area contributed by atoms with Gasteiger partial charge in [0.05, 0.1) is 36.5 Å². The Bertz CT molecular complexity index is 977. The number of carbonyl (C=O) groups excluding carboxylic acids is 1. The Morgan fingerprint density at radius 2 is 2.07 bits per heavy atom. The van der Waals surface area contributed by atoms with E-state index in [4.69, 9.17) is 20.0 Å². The van der Waals surface area contributed by atoms with E-state index in [1.54, 1.807) is 36.4 Å². The van der Waals surface area contributed by atoms with Crippen molar-refractivity contribution in [3.05, 3.63) is 59.3 Å². The molecule has 146 valence electrons. The maximum atomic E-state index is 12.8. The molecule has 29 heavy (non-hydrogen) atoms. The van der Waals surface area contributed by atoms with Gasteiger partial charge in [0.2, 0.25) is 5.88 Å². The molecule has 2 fully saturated rings. The van der Waals surface area contributed by atoms with E-state index in [1.807, 2.05) is 11.0 Å². The van der Waals surface area contributed by atoms with Gasteiger partial charge in [-0.05, 0) is 36.6 Å². The number of fused-ring (bicyclic) bond motifs is 1. The summed E-state index contributed by atoms with van der Waals surface area (Å²) in [5, 5.41) is 17.8. The van der Waals surface area contributed by atoms with Gasteiger partial charge in [-0.2, -0.15) is 10.5 Å². The third kappa shape index (κ3) is 4.06. The van der Waals surface area contributed by atoms with Crippen LogP contribution in [-0.4, -0.2) is 48.2 Å². The van der Waals surface area contributed by atoms with Gasteiger partial charge < -0.3 is 14.4 Å². The van der Waals surface area contributed by atoms with Crippen molar-refractivity contribution in [3.8, 4) is 18.0 Å². The third-order valence-electron chi connectivity index (χ3n) is 5.57. The molecule has 3 atom stereocenters. The van der Waals surface area contributed by atoms with E-state index < -0.39 is 0 Å². The van der Waals surface area contributed by atoms with Crippen LogP contribution in [0.25, 0.3) is 0 Å². The van der Waals surface area contributed by atoms with Crippen LogP contribution in [-0.2, 0) is 4.74 Å². The quantitative estimate of drug-likeness (QED) is 0.780. The highest BCUT2D eigenvalue weighted by Crippen LogP contribution is 2.36. The molecule has 7 nitrogen and oxygen atoms in total. The number of pyridine rings is 1. The van der Waals surface area contributed by atoms with Crippen LogP contribution in [0.2, 0.25) is 0 Å². The first-order valence-corrected chi connectivity index (χ1v) is 9.58. The van der Waals surface area contributed by atoms with Crippen molar-refractivity contribution in [2.24, 2.45) is 11.8 Å². The highest BCUT2D eigenvalue weighted by Gasteiger charge is 2.45. The Labute approximate surface area is 169 Å². The average molecular weight is 388 g/mol. The summed E-state index contributed by atoms with van der Waals surface area (Å²) in [6.07, 6.45) is 2.36. The number of rotatable bonds is 5. The van der Waals surface area contributed by atoms with Crippen molar-refractivity contribution >= 4 is 5.91 Å². The van der Waals surface area contributed by atoms with E-state index in [2.05, 4.69) is 11.1 Å². The van der Waals surface area contributed by atoms with Gasteiger partial charge in [-0.3, -0.25) is 4.79 Å². The molecular weight excluding hydrogens is 368 g/mol. The van der Waals surface area contributed by atoms with Crippen LogP contribution in [0.5, 0.6) is 5.88 Å². The van der Waals surface area contributed by atoms with E-state index in [0.717, 1.165) is 6.42 Å². The molecule has 4 rings (SSSR count). The van der Waals surface area contributed by atoms with Crippen molar-refractivity contribution in [1.82, 2.24) is 9.88 Å². The Morgan fingerprint density at radius 1 is 1.21 bits per heavy atom. The number of benzene rings is 1. The molecule has 7 heteroatoms. The summed E-state index contributed by atoms with van der Waals surface area (Å²) in [6, 6.07) is 14.3. The summed E-state index contributed by atoms with van der Waals surface area (Å²) < 4.78 is 11.6. The van der Waals surface area contributed by atoms with Crippen molar-refractivity contribution in [2.75, 3.05) is 26.3 Å². The second-order valence-corrected chi connectivity index (χ2v) is 7.33. The van der Waals surface area contributed by atoms with Gasteiger partial charge in [0.15, 0.2) is 0 Å². The molecule has 2 aliphatic rings. The number of likely N-dealkylation sites (tertiary alicyclic amines) is 1. The molecule has 0 unspecified atom stereocenters. The normalized spacial score (nSPS) is 22.6. The Morgan fingerprint density at radius 3 is 2.83 bits per heavy atom. The fourth-order valence-corrected chi connectivity index (χ4v) is 4.01. The molecule has 2 aromatic rings. The predicted molar refractivity (Wildman–Crippen MR) is 103 cm³/mol. The molecule has 3 heterocycles. The van der Waals surface area contributed by atoms with Crippen LogP contribution >= 0.6 is 0 Å². The van der Waals surface area contributed by atoms with Gasteiger partial charge in [-0.25, -0.2) is 4.98 Å². The lowest BCUT2D eigenvalue weighted by Crippen LogP contribution is -2.31. The summed E-state index contributed by atoms with van der Waals surface area (Å²) in [4.78, 5) is 18.7. The van der Waals surface area contributed by atoms with Gasteiger partial charge in [-0.15, -0.1) is 0 Å². The van der Waals surface area contributed by atoms with Crippen LogP contribution in [0.4, 0.5) is 0 Å². The van der Waals surface area contributed by atoms with Crippen LogP contribution in [0, 0.1) is 34.5 Å². The smallest absolute Gasteiger partial charge is 0.253 e. The summed E-state index contributed by atoms with van der Waals surface area (Å²) in [7, 11) is 0. The molecule has 0 saturated carbocycles. The minimum atomic E-state index is -0.0584. The Hall–Kier alpha value is -3.42. The Kier molecular flexibility index (Phi) is 5.41. The van der Waals surface area contributed by atoms with Gasteiger partial charge in [0.1, 0.15) is 6.07 Å². The average Bonchev–Trinajstić information content (AvgIpc) is 3.35. The minimum Gasteiger partial charge on any atom is -0.478 e. The number of nitriles is 2.